The number of Topliss-reactive ketones (excluding diaryl/α,β-unsaturated/α-hetero) is 1. The van der Waals surface area contributed by atoms with E-state index < -0.39 is 0 Å². The zero-order valence-electron chi connectivity index (χ0n) is 20.2. The number of hydrogen-bond donors (Lipinski definition) is 0. The maximum atomic E-state index is 12.7. The molecule has 0 heterocycles. The molecule has 0 aromatic carbocycles. The molecule has 0 aromatic heterocycles. The van der Waals surface area contributed by atoms with E-state index in [1.807, 2.05) is 7.11 Å². The van der Waals surface area contributed by atoms with E-state index >= 15 is 0 Å². The van der Waals surface area contributed by atoms with Crippen LogP contribution in [0.25, 0.3) is 0 Å². The lowest BCUT2D eigenvalue weighted by molar-refractivity contribution is -0.126. The Kier molecular flexibility index (Phi) is 6.12. The lowest BCUT2D eigenvalue weighted by Crippen LogP contribution is -2.37. The fourth-order valence-electron chi connectivity index (χ4n) is 7.57. The molecule has 2 nitrogen and oxygen atoms in total. The van der Waals surface area contributed by atoms with E-state index in [0.29, 0.717) is 40.8 Å². The van der Waals surface area contributed by atoms with Gasteiger partial charge in [0, 0.05) is 13.5 Å². The number of ketones is 1. The molecular weight excluding hydrogens is 368 g/mol. The van der Waals surface area contributed by atoms with Crippen LogP contribution in [-0.4, -0.2) is 19.0 Å². The van der Waals surface area contributed by atoms with Crippen LogP contribution in [0.4, 0.5) is 0 Å². The molecule has 4 rings (SSSR count). The van der Waals surface area contributed by atoms with Crippen molar-refractivity contribution in [3.63, 3.8) is 0 Å². The Morgan fingerprint density at radius 2 is 1.83 bits per heavy atom. The van der Waals surface area contributed by atoms with E-state index in [2.05, 4.69) is 52.8 Å². The van der Waals surface area contributed by atoms with Crippen LogP contribution in [0.5, 0.6) is 0 Å². The Bertz CT molecular complexity index is 718. The highest BCUT2D eigenvalue weighted by Gasteiger charge is 2.67. The van der Waals surface area contributed by atoms with E-state index in [1.165, 1.54) is 32.1 Å². The second kappa shape index (κ2) is 8.23. The van der Waals surface area contributed by atoms with Gasteiger partial charge < -0.3 is 4.74 Å². The number of ether oxygens (including phenoxy) is 1. The number of hydrogen-bond acceptors (Lipinski definition) is 2. The van der Waals surface area contributed by atoms with Gasteiger partial charge in [0.1, 0.15) is 5.78 Å². The van der Waals surface area contributed by atoms with Crippen LogP contribution < -0.4 is 0 Å². The van der Waals surface area contributed by atoms with E-state index in [0.717, 1.165) is 25.2 Å². The van der Waals surface area contributed by atoms with Crippen molar-refractivity contribution in [3.8, 4) is 0 Å². The normalized spacial score (nSPS) is 42.6. The highest BCUT2D eigenvalue weighted by molar-refractivity contribution is 5.91. The quantitative estimate of drug-likeness (QED) is 0.421. The van der Waals surface area contributed by atoms with E-state index in [9.17, 15) is 4.79 Å². The molecule has 30 heavy (non-hydrogen) atoms. The second-order valence-electron chi connectivity index (χ2n) is 11.7. The molecule has 168 valence electrons. The largest absolute Gasteiger partial charge is 0.376 e. The van der Waals surface area contributed by atoms with Crippen molar-refractivity contribution < 1.29 is 9.53 Å². The zero-order valence-corrected chi connectivity index (χ0v) is 20.2. The lowest BCUT2D eigenvalue weighted by atomic mass is 9.61. The van der Waals surface area contributed by atoms with Crippen molar-refractivity contribution in [1.29, 1.82) is 0 Å². The molecule has 0 spiro atoms. The van der Waals surface area contributed by atoms with E-state index in [4.69, 9.17) is 4.74 Å². The number of methoxy groups -OCH3 is 1. The first-order valence-corrected chi connectivity index (χ1v) is 12.7. The van der Waals surface area contributed by atoms with Gasteiger partial charge in [-0.1, -0.05) is 58.4 Å². The van der Waals surface area contributed by atoms with Gasteiger partial charge in [-0.15, -0.1) is 0 Å². The number of carbonyl (C=O) groups excluding carboxylic acids is 1. The maximum absolute atomic E-state index is 12.7. The van der Waals surface area contributed by atoms with Crippen molar-refractivity contribution in [2.45, 2.75) is 92.1 Å². The molecule has 4 fully saturated rings. The van der Waals surface area contributed by atoms with Crippen LogP contribution >= 0.6 is 0 Å². The van der Waals surface area contributed by atoms with Crippen LogP contribution in [0, 0.1) is 46.3 Å². The molecule has 0 saturated heterocycles. The first-order valence-electron chi connectivity index (χ1n) is 12.7. The SMILES string of the molecule is CO[C@H](/C=C1\CCC[C@]2(C)[C@@H]([C@H](C)/C=C/[C@H](C)C(C)C)CC[C@@H]12)C12CC1CCC2=O. The van der Waals surface area contributed by atoms with Gasteiger partial charge in [0.05, 0.1) is 11.5 Å². The number of rotatable bonds is 7. The van der Waals surface area contributed by atoms with Crippen molar-refractivity contribution in [3.05, 3.63) is 23.8 Å². The van der Waals surface area contributed by atoms with Crippen molar-refractivity contribution in [2.24, 2.45) is 46.3 Å². The minimum absolute atomic E-state index is 0.0121. The zero-order chi connectivity index (χ0) is 21.7. The molecule has 0 N–H and O–H groups in total. The first-order chi connectivity index (χ1) is 14.2. The van der Waals surface area contributed by atoms with Crippen LogP contribution in [0.3, 0.4) is 0 Å². The molecule has 2 unspecified atom stereocenters. The van der Waals surface area contributed by atoms with Gasteiger partial charge >= 0.3 is 0 Å². The summed E-state index contributed by atoms with van der Waals surface area (Å²) in [6.45, 7) is 12.0. The van der Waals surface area contributed by atoms with Gasteiger partial charge in [-0.2, -0.15) is 0 Å². The Labute approximate surface area is 184 Å². The number of carbonyl (C=O) groups is 1. The summed E-state index contributed by atoms with van der Waals surface area (Å²) in [7, 11) is 1.82. The molecule has 0 bridgehead atoms. The summed E-state index contributed by atoms with van der Waals surface area (Å²) in [6, 6.07) is 0. The summed E-state index contributed by atoms with van der Waals surface area (Å²) in [4.78, 5) is 12.7. The molecule has 8 atom stereocenters. The standard InChI is InChI=1S/C28H44O2/c1-18(2)19(3)9-10-20(4)23-12-13-24-21(8-7-15-27(23,24)5)16-26(30-6)28-17-22(28)11-14-25(28)29/h9-10,16,18-20,22-24,26H,7-8,11-15,17H2,1-6H3/b10-9+,21-16+/t19-,20+,22?,23+,24-,26+,27+,28?/m0/s1. The summed E-state index contributed by atoms with van der Waals surface area (Å²) in [5.74, 6) is 4.50. The third kappa shape index (κ3) is 3.55. The lowest BCUT2D eigenvalue weighted by Gasteiger charge is -2.44. The van der Waals surface area contributed by atoms with Crippen LogP contribution in [0.2, 0.25) is 0 Å². The third-order valence-corrected chi connectivity index (χ3v) is 9.96. The maximum Gasteiger partial charge on any atom is 0.142 e. The predicted molar refractivity (Wildman–Crippen MR) is 124 cm³/mol. The second-order valence-corrected chi connectivity index (χ2v) is 11.7. The van der Waals surface area contributed by atoms with Gasteiger partial charge in [0.25, 0.3) is 0 Å². The van der Waals surface area contributed by atoms with Crippen molar-refractivity contribution >= 4 is 5.78 Å². The van der Waals surface area contributed by atoms with Crippen LogP contribution in [-0.2, 0) is 9.53 Å². The molecule has 0 radical (unpaired) electrons. The highest BCUT2D eigenvalue weighted by Crippen LogP contribution is 2.65. The average molecular weight is 413 g/mol. The highest BCUT2D eigenvalue weighted by atomic mass is 16.5. The molecule has 0 aliphatic heterocycles. The Balaban J connectivity index is 1.52. The minimum Gasteiger partial charge on any atom is -0.376 e. The summed E-state index contributed by atoms with van der Waals surface area (Å²) in [6.07, 6.45) is 16.8. The Morgan fingerprint density at radius 3 is 2.43 bits per heavy atom. The molecule has 0 amide bonds. The summed E-state index contributed by atoms with van der Waals surface area (Å²) in [5.41, 5.74) is 1.86. The minimum atomic E-state index is -0.156. The smallest absolute Gasteiger partial charge is 0.142 e. The number of allylic oxidation sites excluding steroid dienone is 3. The van der Waals surface area contributed by atoms with E-state index in [1.54, 1.807) is 5.57 Å². The molecule has 4 aliphatic rings. The van der Waals surface area contributed by atoms with Gasteiger partial charge in [-0.05, 0) is 85.9 Å². The average Bonchev–Trinajstić information content (AvgIpc) is 3.21. The van der Waals surface area contributed by atoms with Crippen molar-refractivity contribution in [2.75, 3.05) is 7.11 Å². The first kappa shape index (κ1) is 22.3. The molecule has 4 saturated carbocycles. The summed E-state index contributed by atoms with van der Waals surface area (Å²) >= 11 is 0. The monoisotopic (exact) mass is 412 g/mol. The van der Waals surface area contributed by atoms with Gasteiger partial charge in [-0.25, -0.2) is 0 Å². The summed E-state index contributed by atoms with van der Waals surface area (Å²) in [5, 5.41) is 0. The van der Waals surface area contributed by atoms with Gasteiger partial charge in [0.2, 0.25) is 0 Å². The number of fused-ring (bicyclic) bond motifs is 2. The fourth-order valence-corrected chi connectivity index (χ4v) is 7.57. The van der Waals surface area contributed by atoms with Gasteiger partial charge in [0.15, 0.2) is 0 Å². The van der Waals surface area contributed by atoms with E-state index in [-0.39, 0.29) is 11.5 Å². The topological polar surface area (TPSA) is 26.3 Å². The molecule has 0 aromatic rings. The molecule has 4 aliphatic carbocycles. The van der Waals surface area contributed by atoms with Crippen molar-refractivity contribution in [1.82, 2.24) is 0 Å². The van der Waals surface area contributed by atoms with Crippen LogP contribution in [0.15, 0.2) is 23.8 Å². The fraction of sp³-hybridized carbons (Fsp3) is 0.821. The van der Waals surface area contributed by atoms with Gasteiger partial charge in [-0.3, -0.25) is 4.79 Å². The third-order valence-electron chi connectivity index (χ3n) is 9.96. The molecule has 2 heteroatoms. The summed E-state index contributed by atoms with van der Waals surface area (Å²) < 4.78 is 5.99. The Morgan fingerprint density at radius 1 is 1.07 bits per heavy atom. The molecular formula is C28H44O2. The predicted octanol–water partition coefficient (Wildman–Crippen LogP) is 7.00. The Hall–Kier alpha value is -0.890. The van der Waals surface area contributed by atoms with Crippen LogP contribution in [0.1, 0.15) is 86.0 Å².